The predicted octanol–water partition coefficient (Wildman–Crippen LogP) is 2.19. The smallest absolute Gasteiger partial charge is 0.338 e. The Morgan fingerprint density at radius 2 is 2.10 bits per heavy atom. The predicted molar refractivity (Wildman–Crippen MR) is 77.8 cm³/mol. The average molecular weight is 292 g/mol. The molecule has 1 aromatic rings. The third-order valence-electron chi connectivity index (χ3n) is 4.59. The zero-order chi connectivity index (χ0) is 14.8. The van der Waals surface area contributed by atoms with Crippen LogP contribution in [0.1, 0.15) is 35.2 Å². The van der Waals surface area contributed by atoms with E-state index in [1.807, 2.05) is 0 Å². The molecule has 0 spiro atoms. The Balaban J connectivity index is 1.74. The van der Waals surface area contributed by atoms with Crippen LogP contribution in [0, 0.1) is 5.82 Å². The van der Waals surface area contributed by atoms with E-state index >= 15 is 0 Å². The molecule has 2 heterocycles. The topological polar surface area (TPSA) is 43.8 Å². The summed E-state index contributed by atoms with van der Waals surface area (Å²) in [4.78, 5) is 15.8. The molecule has 0 aliphatic carbocycles. The number of rotatable bonds is 3. The molecular formula is C16H21FN2O2. The van der Waals surface area contributed by atoms with Crippen LogP contribution in [0.3, 0.4) is 0 Å². The van der Waals surface area contributed by atoms with E-state index in [9.17, 15) is 9.18 Å². The van der Waals surface area contributed by atoms with Crippen molar-refractivity contribution >= 4 is 5.97 Å². The zero-order valence-corrected chi connectivity index (χ0v) is 12.1. The Labute approximate surface area is 124 Å². The van der Waals surface area contributed by atoms with Crippen molar-refractivity contribution in [2.75, 3.05) is 26.2 Å². The van der Waals surface area contributed by atoms with Crippen LogP contribution in [0.5, 0.6) is 0 Å². The number of hydrogen-bond donors (Lipinski definition) is 1. The van der Waals surface area contributed by atoms with Crippen LogP contribution in [0.2, 0.25) is 0 Å². The first kappa shape index (κ1) is 14.5. The van der Waals surface area contributed by atoms with Gasteiger partial charge < -0.3 is 5.11 Å². The van der Waals surface area contributed by atoms with Gasteiger partial charge in [-0.2, -0.15) is 0 Å². The highest BCUT2D eigenvalue weighted by atomic mass is 19.1. The number of halogens is 1. The highest BCUT2D eigenvalue weighted by Gasteiger charge is 2.29. The summed E-state index contributed by atoms with van der Waals surface area (Å²) in [5.74, 6) is -1.79. The van der Waals surface area contributed by atoms with Crippen LogP contribution >= 0.6 is 0 Å². The molecule has 0 amide bonds. The maximum absolute atomic E-state index is 14.2. The monoisotopic (exact) mass is 292 g/mol. The molecule has 1 aromatic carbocycles. The maximum atomic E-state index is 14.2. The van der Waals surface area contributed by atoms with Crippen molar-refractivity contribution in [3.05, 3.63) is 35.1 Å². The second-order valence-corrected chi connectivity index (χ2v) is 6.00. The van der Waals surface area contributed by atoms with Gasteiger partial charge in [0, 0.05) is 24.7 Å². The first-order valence-electron chi connectivity index (χ1n) is 7.62. The Hall–Kier alpha value is -1.46. The molecule has 21 heavy (non-hydrogen) atoms. The van der Waals surface area contributed by atoms with Gasteiger partial charge >= 0.3 is 5.97 Å². The van der Waals surface area contributed by atoms with Crippen molar-refractivity contribution in [3.63, 3.8) is 0 Å². The lowest BCUT2D eigenvalue weighted by molar-refractivity contribution is 0.0691. The van der Waals surface area contributed by atoms with E-state index in [0.29, 0.717) is 18.2 Å². The van der Waals surface area contributed by atoms with Gasteiger partial charge in [-0.1, -0.05) is 12.1 Å². The van der Waals surface area contributed by atoms with Gasteiger partial charge in [0.15, 0.2) is 0 Å². The summed E-state index contributed by atoms with van der Waals surface area (Å²) in [5.41, 5.74) is 0.256. The van der Waals surface area contributed by atoms with Crippen LogP contribution in [0.15, 0.2) is 18.2 Å². The number of carboxylic acids is 1. The van der Waals surface area contributed by atoms with Crippen molar-refractivity contribution in [3.8, 4) is 0 Å². The van der Waals surface area contributed by atoms with E-state index in [-0.39, 0.29) is 5.56 Å². The summed E-state index contributed by atoms with van der Waals surface area (Å²) in [7, 11) is 0. The highest BCUT2D eigenvalue weighted by Crippen LogP contribution is 2.23. The maximum Gasteiger partial charge on any atom is 0.338 e. The first-order valence-corrected chi connectivity index (χ1v) is 7.62. The van der Waals surface area contributed by atoms with Gasteiger partial charge in [0.2, 0.25) is 0 Å². The van der Waals surface area contributed by atoms with E-state index in [1.54, 1.807) is 12.1 Å². The number of carboxylic acid groups (broad SMARTS) is 1. The minimum Gasteiger partial charge on any atom is -0.478 e. The van der Waals surface area contributed by atoms with Crippen LogP contribution < -0.4 is 0 Å². The fourth-order valence-electron chi connectivity index (χ4n) is 3.53. The van der Waals surface area contributed by atoms with E-state index in [0.717, 1.165) is 26.1 Å². The van der Waals surface area contributed by atoms with E-state index in [4.69, 9.17) is 5.11 Å². The largest absolute Gasteiger partial charge is 0.478 e. The van der Waals surface area contributed by atoms with Gasteiger partial charge in [-0.15, -0.1) is 0 Å². The third kappa shape index (κ3) is 3.09. The number of aromatic carboxylic acids is 1. The molecule has 5 heteroatoms. The van der Waals surface area contributed by atoms with Gasteiger partial charge in [-0.05, 0) is 45.0 Å². The van der Waals surface area contributed by atoms with Gasteiger partial charge in [0.25, 0.3) is 0 Å². The molecule has 3 rings (SSSR count). The number of carbonyl (C=O) groups is 1. The van der Waals surface area contributed by atoms with E-state index in [1.165, 1.54) is 25.5 Å². The van der Waals surface area contributed by atoms with Crippen LogP contribution in [-0.4, -0.2) is 53.1 Å². The minimum atomic E-state index is -1.20. The summed E-state index contributed by atoms with van der Waals surface area (Å²) in [5, 5.41) is 9.00. The SMILES string of the molecule is O=C(O)c1cccc(CN2CCCN3CCCC3C2)c1F. The standard InChI is InChI=1S/C16H21FN2O2/c17-15-12(4-1-6-14(15)16(20)21)10-18-7-3-9-19-8-2-5-13(19)11-18/h1,4,6,13H,2-3,5,7-11H2,(H,20,21). The number of nitrogens with zero attached hydrogens (tertiary/aromatic N) is 2. The lowest BCUT2D eigenvalue weighted by Crippen LogP contribution is -2.36. The molecule has 2 aliphatic heterocycles. The van der Waals surface area contributed by atoms with Gasteiger partial charge in [0.1, 0.15) is 5.82 Å². The van der Waals surface area contributed by atoms with Crippen molar-refractivity contribution < 1.29 is 14.3 Å². The number of benzene rings is 1. The summed E-state index contributed by atoms with van der Waals surface area (Å²) in [6, 6.07) is 5.22. The van der Waals surface area contributed by atoms with Crippen LogP contribution in [0.25, 0.3) is 0 Å². The fourth-order valence-corrected chi connectivity index (χ4v) is 3.53. The lowest BCUT2D eigenvalue weighted by Gasteiger charge is -2.25. The molecule has 0 radical (unpaired) electrons. The fraction of sp³-hybridized carbons (Fsp3) is 0.562. The minimum absolute atomic E-state index is 0.232. The Bertz CT molecular complexity index is 535. The molecule has 1 atom stereocenters. The van der Waals surface area contributed by atoms with Crippen molar-refractivity contribution in [1.82, 2.24) is 9.80 Å². The van der Waals surface area contributed by atoms with Gasteiger partial charge in [0.05, 0.1) is 5.56 Å². The molecule has 2 aliphatic rings. The van der Waals surface area contributed by atoms with Crippen LogP contribution in [0.4, 0.5) is 4.39 Å². The first-order chi connectivity index (χ1) is 10.1. The zero-order valence-electron chi connectivity index (χ0n) is 12.1. The van der Waals surface area contributed by atoms with E-state index in [2.05, 4.69) is 9.80 Å². The third-order valence-corrected chi connectivity index (χ3v) is 4.59. The molecule has 4 nitrogen and oxygen atoms in total. The number of fused-ring (bicyclic) bond motifs is 1. The van der Waals surface area contributed by atoms with Crippen molar-refractivity contribution in [2.24, 2.45) is 0 Å². The summed E-state index contributed by atoms with van der Waals surface area (Å²) in [6.07, 6.45) is 3.56. The molecule has 114 valence electrons. The highest BCUT2D eigenvalue weighted by molar-refractivity contribution is 5.88. The molecule has 1 unspecified atom stereocenters. The molecule has 1 N–H and O–H groups in total. The summed E-state index contributed by atoms with van der Waals surface area (Å²) < 4.78 is 14.2. The van der Waals surface area contributed by atoms with Gasteiger partial charge in [-0.3, -0.25) is 9.80 Å². The quantitative estimate of drug-likeness (QED) is 0.927. The second-order valence-electron chi connectivity index (χ2n) is 6.00. The Morgan fingerprint density at radius 1 is 1.29 bits per heavy atom. The molecular weight excluding hydrogens is 271 g/mol. The Kier molecular flexibility index (Phi) is 4.22. The summed E-state index contributed by atoms with van der Waals surface area (Å²) >= 11 is 0. The van der Waals surface area contributed by atoms with E-state index < -0.39 is 11.8 Å². The second kappa shape index (κ2) is 6.12. The lowest BCUT2D eigenvalue weighted by atomic mass is 10.1. The van der Waals surface area contributed by atoms with Gasteiger partial charge in [-0.25, -0.2) is 9.18 Å². The summed E-state index contributed by atoms with van der Waals surface area (Å²) in [6.45, 7) is 4.71. The van der Waals surface area contributed by atoms with Crippen LogP contribution in [-0.2, 0) is 6.54 Å². The molecule has 2 saturated heterocycles. The molecule has 0 saturated carbocycles. The normalized spacial score (nSPS) is 23.8. The van der Waals surface area contributed by atoms with Crippen molar-refractivity contribution in [2.45, 2.75) is 31.8 Å². The Morgan fingerprint density at radius 3 is 2.90 bits per heavy atom. The molecule has 0 aromatic heterocycles. The number of hydrogen-bond acceptors (Lipinski definition) is 3. The molecule has 0 bridgehead atoms. The van der Waals surface area contributed by atoms with Crippen molar-refractivity contribution in [1.29, 1.82) is 0 Å². The molecule has 2 fully saturated rings. The average Bonchev–Trinajstić information content (AvgIpc) is 2.79.